The molecule has 1 aliphatic rings. The Morgan fingerprint density at radius 1 is 1.33 bits per heavy atom. The number of alkyl halides is 3. The van der Waals surface area contributed by atoms with Crippen LogP contribution in [0.3, 0.4) is 0 Å². The number of benzene rings is 1. The number of nitrogens with one attached hydrogen (secondary N) is 1. The zero-order chi connectivity index (χ0) is 15.3. The second-order valence-corrected chi connectivity index (χ2v) is 4.83. The summed E-state index contributed by atoms with van der Waals surface area (Å²) >= 11 is 0. The summed E-state index contributed by atoms with van der Waals surface area (Å²) in [5.41, 5.74) is 1.01. The largest absolute Gasteiger partial charge is 0.416 e. The van der Waals surface area contributed by atoms with Crippen LogP contribution >= 0.6 is 0 Å². The zero-order valence-corrected chi connectivity index (χ0v) is 11.4. The van der Waals surface area contributed by atoms with E-state index in [1.807, 2.05) is 30.3 Å². The Labute approximate surface area is 120 Å². The average Bonchev–Trinajstić information content (AvgIpc) is 2.47. The lowest BCUT2D eigenvalue weighted by molar-refractivity contribution is -0.236. The lowest BCUT2D eigenvalue weighted by Crippen LogP contribution is -2.52. The highest BCUT2D eigenvalue weighted by atomic mass is 19.4. The second-order valence-electron chi connectivity index (χ2n) is 4.83. The van der Waals surface area contributed by atoms with Crippen molar-refractivity contribution in [1.29, 1.82) is 0 Å². The maximum absolute atomic E-state index is 12.6. The van der Waals surface area contributed by atoms with E-state index in [4.69, 9.17) is 0 Å². The van der Waals surface area contributed by atoms with E-state index in [0.717, 1.165) is 5.56 Å². The molecule has 0 bridgehead atoms. The topological polar surface area (TPSA) is 41.6 Å². The quantitative estimate of drug-likeness (QED) is 0.918. The van der Waals surface area contributed by atoms with E-state index < -0.39 is 18.8 Å². The number of hydrogen-bond donors (Lipinski definition) is 1. The van der Waals surface area contributed by atoms with E-state index >= 15 is 0 Å². The van der Waals surface area contributed by atoms with Crippen molar-refractivity contribution in [3.05, 3.63) is 35.9 Å². The molecule has 1 heterocycles. The first-order valence-corrected chi connectivity index (χ1v) is 6.67. The summed E-state index contributed by atoms with van der Waals surface area (Å²) in [6.45, 7) is 0.182. The fourth-order valence-electron chi connectivity index (χ4n) is 2.10. The van der Waals surface area contributed by atoms with Gasteiger partial charge < -0.3 is 15.0 Å². The minimum Gasteiger partial charge on any atom is -0.365 e. The number of rotatable bonds is 4. The summed E-state index contributed by atoms with van der Waals surface area (Å²) in [7, 11) is 0. The Hall–Kier alpha value is -1.60. The molecule has 7 heteroatoms. The highest BCUT2D eigenvalue weighted by molar-refractivity contribution is 5.78. The number of carbonyl (C=O) groups excluding carboxylic acids is 1. The van der Waals surface area contributed by atoms with E-state index in [2.05, 4.69) is 10.1 Å². The fraction of sp³-hybridized carbons (Fsp3) is 0.500. The fourth-order valence-corrected chi connectivity index (χ4v) is 2.10. The summed E-state index contributed by atoms with van der Waals surface area (Å²) in [5.74, 6) is -0.344. The van der Waals surface area contributed by atoms with E-state index in [1.54, 1.807) is 0 Å². The van der Waals surface area contributed by atoms with Gasteiger partial charge in [0.2, 0.25) is 5.91 Å². The molecule has 1 saturated heterocycles. The van der Waals surface area contributed by atoms with Crippen molar-refractivity contribution in [2.75, 3.05) is 26.2 Å². The summed E-state index contributed by atoms with van der Waals surface area (Å²) in [4.78, 5) is 13.1. The molecule has 1 fully saturated rings. The van der Waals surface area contributed by atoms with Gasteiger partial charge in [-0.05, 0) is 5.56 Å². The number of nitrogens with zero attached hydrogens (tertiary/aromatic N) is 1. The third-order valence-corrected chi connectivity index (χ3v) is 3.23. The molecule has 2 rings (SSSR count). The number of morpholine rings is 1. The SMILES string of the molecule is O=C(CNCc1ccccc1)N1CCOC(C(F)(F)F)C1. The number of hydrogen-bond acceptors (Lipinski definition) is 3. The third kappa shape index (κ3) is 4.71. The first kappa shape index (κ1) is 15.8. The molecule has 0 saturated carbocycles. The van der Waals surface area contributed by atoms with Crippen molar-refractivity contribution >= 4 is 5.91 Å². The van der Waals surface area contributed by atoms with Gasteiger partial charge >= 0.3 is 6.18 Å². The molecule has 1 amide bonds. The highest BCUT2D eigenvalue weighted by Crippen LogP contribution is 2.25. The maximum Gasteiger partial charge on any atom is 0.416 e. The summed E-state index contributed by atoms with van der Waals surface area (Å²) < 4.78 is 42.4. The van der Waals surface area contributed by atoms with Crippen LogP contribution in [0, 0.1) is 0 Å². The molecule has 1 N–H and O–H groups in total. The molecule has 0 spiro atoms. The first-order chi connectivity index (χ1) is 9.97. The van der Waals surface area contributed by atoms with Gasteiger partial charge in [0.1, 0.15) is 0 Å². The lowest BCUT2D eigenvalue weighted by Gasteiger charge is -2.33. The maximum atomic E-state index is 12.6. The van der Waals surface area contributed by atoms with Gasteiger partial charge in [0.15, 0.2) is 6.10 Å². The highest BCUT2D eigenvalue weighted by Gasteiger charge is 2.44. The van der Waals surface area contributed by atoms with Crippen molar-refractivity contribution in [3.63, 3.8) is 0 Å². The standard InChI is InChI=1S/C14H17F3N2O2/c15-14(16,17)12-10-19(6-7-21-12)13(20)9-18-8-11-4-2-1-3-5-11/h1-5,12,18H,6-10H2. The van der Waals surface area contributed by atoms with Crippen LogP contribution in [0.15, 0.2) is 30.3 Å². The van der Waals surface area contributed by atoms with Crippen molar-refractivity contribution in [2.45, 2.75) is 18.8 Å². The molecule has 1 aliphatic heterocycles. The van der Waals surface area contributed by atoms with Gasteiger partial charge in [-0.2, -0.15) is 13.2 Å². The Balaban J connectivity index is 1.78. The number of carbonyl (C=O) groups is 1. The third-order valence-electron chi connectivity index (χ3n) is 3.23. The van der Waals surface area contributed by atoms with Crippen LogP contribution < -0.4 is 5.32 Å². The van der Waals surface area contributed by atoms with Crippen molar-refractivity contribution < 1.29 is 22.7 Å². The van der Waals surface area contributed by atoms with Gasteiger partial charge in [-0.15, -0.1) is 0 Å². The van der Waals surface area contributed by atoms with Crippen LogP contribution in [0.1, 0.15) is 5.56 Å². The molecule has 1 atom stereocenters. The Bertz CT molecular complexity index is 465. The van der Waals surface area contributed by atoms with Crippen LogP contribution in [0.5, 0.6) is 0 Å². The van der Waals surface area contributed by atoms with Crippen molar-refractivity contribution in [1.82, 2.24) is 10.2 Å². The predicted octanol–water partition coefficient (Wildman–Crippen LogP) is 1.57. The molecule has 0 aromatic heterocycles. The molecule has 116 valence electrons. The zero-order valence-electron chi connectivity index (χ0n) is 11.4. The number of amides is 1. The normalized spacial score (nSPS) is 19.6. The smallest absolute Gasteiger partial charge is 0.365 e. The summed E-state index contributed by atoms with van der Waals surface area (Å²) in [6, 6.07) is 9.47. The Morgan fingerprint density at radius 3 is 2.71 bits per heavy atom. The van der Waals surface area contributed by atoms with Crippen LogP contribution in [0.25, 0.3) is 0 Å². The first-order valence-electron chi connectivity index (χ1n) is 6.67. The van der Waals surface area contributed by atoms with E-state index in [1.165, 1.54) is 4.90 Å². The Morgan fingerprint density at radius 2 is 2.05 bits per heavy atom. The molecule has 1 aromatic rings. The van der Waals surface area contributed by atoms with Crippen LogP contribution in [-0.2, 0) is 16.1 Å². The summed E-state index contributed by atoms with van der Waals surface area (Å²) in [6.07, 6.45) is -6.32. The van der Waals surface area contributed by atoms with Crippen LogP contribution in [0.4, 0.5) is 13.2 Å². The molecular weight excluding hydrogens is 285 g/mol. The predicted molar refractivity (Wildman–Crippen MR) is 70.5 cm³/mol. The molecule has 1 unspecified atom stereocenters. The van der Waals surface area contributed by atoms with Gasteiger partial charge in [-0.3, -0.25) is 4.79 Å². The van der Waals surface area contributed by atoms with Gasteiger partial charge in [-0.1, -0.05) is 30.3 Å². The number of halogens is 3. The molecule has 0 aliphatic carbocycles. The van der Waals surface area contributed by atoms with Crippen molar-refractivity contribution in [3.8, 4) is 0 Å². The monoisotopic (exact) mass is 302 g/mol. The van der Waals surface area contributed by atoms with Gasteiger partial charge in [-0.25, -0.2) is 0 Å². The summed E-state index contributed by atoms with van der Waals surface area (Å²) in [5, 5.41) is 2.94. The molecule has 0 radical (unpaired) electrons. The van der Waals surface area contributed by atoms with Gasteiger partial charge in [0.05, 0.1) is 19.7 Å². The molecule has 1 aromatic carbocycles. The molecular formula is C14H17F3N2O2. The molecule has 4 nitrogen and oxygen atoms in total. The van der Waals surface area contributed by atoms with E-state index in [-0.39, 0.29) is 25.6 Å². The average molecular weight is 302 g/mol. The minimum atomic E-state index is -4.43. The van der Waals surface area contributed by atoms with Crippen LogP contribution in [0.2, 0.25) is 0 Å². The molecule has 21 heavy (non-hydrogen) atoms. The second kappa shape index (κ2) is 6.91. The lowest BCUT2D eigenvalue weighted by atomic mass is 10.2. The van der Waals surface area contributed by atoms with E-state index in [0.29, 0.717) is 6.54 Å². The Kier molecular flexibility index (Phi) is 5.19. The van der Waals surface area contributed by atoms with E-state index in [9.17, 15) is 18.0 Å². The van der Waals surface area contributed by atoms with Crippen LogP contribution in [-0.4, -0.2) is 49.3 Å². The van der Waals surface area contributed by atoms with Gasteiger partial charge in [0, 0.05) is 13.1 Å². The van der Waals surface area contributed by atoms with Gasteiger partial charge in [0.25, 0.3) is 0 Å². The minimum absolute atomic E-state index is 0.0134. The van der Waals surface area contributed by atoms with Crippen molar-refractivity contribution in [2.24, 2.45) is 0 Å². The number of ether oxygens (including phenoxy) is 1.